The lowest BCUT2D eigenvalue weighted by Gasteiger charge is -2.29. The van der Waals surface area contributed by atoms with Crippen LogP contribution in [0.25, 0.3) is 0 Å². The van der Waals surface area contributed by atoms with Crippen LogP contribution >= 0.6 is 0 Å². The molecule has 0 radical (unpaired) electrons. The van der Waals surface area contributed by atoms with Gasteiger partial charge in [-0.25, -0.2) is 4.79 Å². The van der Waals surface area contributed by atoms with Crippen LogP contribution in [0.3, 0.4) is 0 Å². The minimum absolute atomic E-state index is 0.0761. The molecule has 0 aromatic rings. The van der Waals surface area contributed by atoms with E-state index in [-0.39, 0.29) is 36.8 Å². The van der Waals surface area contributed by atoms with E-state index in [1.165, 1.54) is 4.90 Å². The molecule has 1 saturated heterocycles. The van der Waals surface area contributed by atoms with E-state index in [0.717, 1.165) is 0 Å². The number of nitrogens with zero attached hydrogens (tertiary/aromatic N) is 1. The van der Waals surface area contributed by atoms with Crippen molar-refractivity contribution in [3.05, 3.63) is 0 Å². The van der Waals surface area contributed by atoms with Gasteiger partial charge in [-0.15, -0.1) is 0 Å². The quantitative estimate of drug-likeness (QED) is 0.650. The number of carboxylic acid groups (broad SMARTS) is 1. The summed E-state index contributed by atoms with van der Waals surface area (Å²) >= 11 is 0. The highest BCUT2D eigenvalue weighted by atomic mass is 16.4. The first kappa shape index (κ1) is 14.9. The van der Waals surface area contributed by atoms with Gasteiger partial charge in [-0.05, 0) is 5.41 Å². The Bertz CT molecular complexity index is 337. The van der Waals surface area contributed by atoms with Crippen LogP contribution in [0.2, 0.25) is 0 Å². The molecule has 3 atom stereocenters. The van der Waals surface area contributed by atoms with Crippen LogP contribution < -0.4 is 5.73 Å². The first-order valence-corrected chi connectivity index (χ1v) is 6.09. The topological polar surface area (TPSA) is 104 Å². The lowest BCUT2D eigenvalue weighted by Crippen LogP contribution is -2.45. The third-order valence-electron chi connectivity index (χ3n) is 3.39. The lowest BCUT2D eigenvalue weighted by molar-refractivity contribution is -0.148. The van der Waals surface area contributed by atoms with E-state index in [1.54, 1.807) is 0 Å². The van der Waals surface area contributed by atoms with Gasteiger partial charge in [-0.3, -0.25) is 4.79 Å². The van der Waals surface area contributed by atoms with Gasteiger partial charge in [0, 0.05) is 25.4 Å². The Morgan fingerprint density at radius 1 is 1.44 bits per heavy atom. The lowest BCUT2D eigenvalue weighted by atomic mass is 9.85. The minimum Gasteiger partial charge on any atom is -0.480 e. The van der Waals surface area contributed by atoms with E-state index in [0.29, 0.717) is 0 Å². The van der Waals surface area contributed by atoms with Crippen LogP contribution in [0.15, 0.2) is 0 Å². The molecule has 6 nitrogen and oxygen atoms in total. The Labute approximate surface area is 107 Å². The van der Waals surface area contributed by atoms with Crippen LogP contribution in [-0.2, 0) is 9.59 Å². The highest BCUT2D eigenvalue weighted by molar-refractivity contribution is 5.84. The Hall–Kier alpha value is -1.14. The SMILES string of the molecule is CC(C)(C)C(N)CC(=O)N1C[C@H](O)C[C@@H]1C(=O)O. The molecular weight excluding hydrogens is 236 g/mol. The molecule has 1 aliphatic heterocycles. The molecule has 18 heavy (non-hydrogen) atoms. The molecule has 0 saturated carbocycles. The Kier molecular flexibility index (Phi) is 4.34. The molecule has 4 N–H and O–H groups in total. The average molecular weight is 258 g/mol. The van der Waals surface area contributed by atoms with Crippen molar-refractivity contribution < 1.29 is 19.8 Å². The Morgan fingerprint density at radius 3 is 2.44 bits per heavy atom. The summed E-state index contributed by atoms with van der Waals surface area (Å²) in [6.45, 7) is 5.86. The minimum atomic E-state index is -1.08. The van der Waals surface area contributed by atoms with E-state index in [4.69, 9.17) is 10.8 Å². The average Bonchev–Trinajstić information content (AvgIpc) is 2.58. The normalized spacial score (nSPS) is 26.2. The van der Waals surface area contributed by atoms with E-state index in [1.807, 2.05) is 20.8 Å². The number of likely N-dealkylation sites (tertiary alicyclic amines) is 1. The van der Waals surface area contributed by atoms with Crippen molar-refractivity contribution in [1.82, 2.24) is 4.90 Å². The van der Waals surface area contributed by atoms with Crippen molar-refractivity contribution in [2.45, 2.75) is 51.8 Å². The Morgan fingerprint density at radius 2 is 2.00 bits per heavy atom. The summed E-state index contributed by atoms with van der Waals surface area (Å²) in [5.41, 5.74) is 5.70. The smallest absolute Gasteiger partial charge is 0.326 e. The fourth-order valence-electron chi connectivity index (χ4n) is 1.94. The first-order chi connectivity index (χ1) is 8.12. The molecule has 1 aliphatic rings. The van der Waals surface area contributed by atoms with Gasteiger partial charge in [0.15, 0.2) is 0 Å². The van der Waals surface area contributed by atoms with Crippen molar-refractivity contribution in [2.24, 2.45) is 11.1 Å². The number of β-amino-alcohol motifs (C(OH)–C–C–N with tert-alkyl or cyclic N) is 1. The van der Waals surface area contributed by atoms with Crippen LogP contribution in [0.5, 0.6) is 0 Å². The molecule has 0 bridgehead atoms. The maximum absolute atomic E-state index is 12.0. The van der Waals surface area contributed by atoms with Crippen molar-refractivity contribution in [3.63, 3.8) is 0 Å². The molecule has 0 aromatic carbocycles. The molecule has 1 fully saturated rings. The highest BCUT2D eigenvalue weighted by Gasteiger charge is 2.39. The van der Waals surface area contributed by atoms with E-state index in [9.17, 15) is 14.7 Å². The zero-order valence-corrected chi connectivity index (χ0v) is 11.1. The summed E-state index contributed by atoms with van der Waals surface area (Å²) in [6.07, 6.45) is -0.577. The van der Waals surface area contributed by atoms with Gasteiger partial charge in [0.05, 0.1) is 6.10 Å². The van der Waals surface area contributed by atoms with Crippen LogP contribution in [0.4, 0.5) is 0 Å². The van der Waals surface area contributed by atoms with Gasteiger partial charge < -0.3 is 20.8 Å². The van der Waals surface area contributed by atoms with Crippen LogP contribution in [0.1, 0.15) is 33.6 Å². The number of rotatable bonds is 3. The third-order valence-corrected chi connectivity index (χ3v) is 3.39. The number of carboxylic acids is 1. The highest BCUT2D eigenvalue weighted by Crippen LogP contribution is 2.24. The van der Waals surface area contributed by atoms with Crippen LogP contribution in [-0.4, -0.2) is 51.7 Å². The van der Waals surface area contributed by atoms with Crippen molar-refractivity contribution in [2.75, 3.05) is 6.54 Å². The molecule has 104 valence electrons. The summed E-state index contributed by atoms with van der Waals surface area (Å²) in [5, 5.41) is 18.5. The number of aliphatic hydroxyl groups is 1. The monoisotopic (exact) mass is 258 g/mol. The zero-order valence-electron chi connectivity index (χ0n) is 11.1. The van der Waals surface area contributed by atoms with Crippen molar-refractivity contribution in [3.8, 4) is 0 Å². The molecule has 1 amide bonds. The standard InChI is InChI=1S/C12H22N2O4/c1-12(2,3)9(13)5-10(16)14-6-7(15)4-8(14)11(17)18/h7-9,15H,4-6,13H2,1-3H3,(H,17,18)/t7-,8-,9?/m1/s1. The molecule has 1 rings (SSSR count). The molecule has 6 heteroatoms. The second-order valence-corrected chi connectivity index (χ2v) is 5.97. The first-order valence-electron chi connectivity index (χ1n) is 6.09. The molecule has 0 spiro atoms. The van der Waals surface area contributed by atoms with Crippen molar-refractivity contribution in [1.29, 1.82) is 0 Å². The fraction of sp³-hybridized carbons (Fsp3) is 0.833. The number of aliphatic hydroxyl groups excluding tert-OH is 1. The third kappa shape index (κ3) is 3.43. The Balaban J connectivity index is 2.69. The molecule has 1 unspecified atom stereocenters. The number of carbonyl (C=O) groups excluding carboxylic acids is 1. The maximum atomic E-state index is 12.0. The number of amides is 1. The van der Waals surface area contributed by atoms with Crippen LogP contribution in [0, 0.1) is 5.41 Å². The number of aliphatic carboxylic acids is 1. The van der Waals surface area contributed by atoms with Gasteiger partial charge in [0.2, 0.25) is 5.91 Å². The van der Waals surface area contributed by atoms with Gasteiger partial charge in [0.1, 0.15) is 6.04 Å². The van der Waals surface area contributed by atoms with Gasteiger partial charge in [-0.1, -0.05) is 20.8 Å². The number of hydrogen-bond acceptors (Lipinski definition) is 4. The number of hydrogen-bond donors (Lipinski definition) is 3. The van der Waals surface area contributed by atoms with E-state index < -0.39 is 18.1 Å². The second kappa shape index (κ2) is 5.24. The molecular formula is C12H22N2O4. The zero-order chi connectivity index (χ0) is 14.1. The van der Waals surface area contributed by atoms with Gasteiger partial charge in [-0.2, -0.15) is 0 Å². The molecule has 0 aliphatic carbocycles. The van der Waals surface area contributed by atoms with E-state index >= 15 is 0 Å². The van der Waals surface area contributed by atoms with Crippen molar-refractivity contribution >= 4 is 11.9 Å². The summed E-state index contributed by atoms with van der Waals surface area (Å²) in [5.74, 6) is -1.38. The van der Waals surface area contributed by atoms with E-state index in [2.05, 4.69) is 0 Å². The molecule has 1 heterocycles. The molecule has 0 aromatic heterocycles. The number of nitrogens with two attached hydrogens (primary N) is 1. The summed E-state index contributed by atoms with van der Waals surface area (Å²) in [6, 6.07) is -1.27. The largest absolute Gasteiger partial charge is 0.480 e. The number of carbonyl (C=O) groups is 2. The summed E-state index contributed by atoms with van der Waals surface area (Å²) in [7, 11) is 0. The summed E-state index contributed by atoms with van der Waals surface area (Å²) < 4.78 is 0. The van der Waals surface area contributed by atoms with Gasteiger partial charge >= 0.3 is 5.97 Å². The predicted molar refractivity (Wildman–Crippen MR) is 65.8 cm³/mol. The predicted octanol–water partition coefficient (Wildman–Crippen LogP) is -0.204. The van der Waals surface area contributed by atoms with Gasteiger partial charge in [0.25, 0.3) is 0 Å². The summed E-state index contributed by atoms with van der Waals surface area (Å²) in [4.78, 5) is 24.3. The fourth-order valence-corrected chi connectivity index (χ4v) is 1.94. The maximum Gasteiger partial charge on any atom is 0.326 e. The second-order valence-electron chi connectivity index (χ2n) is 5.97.